The van der Waals surface area contributed by atoms with Crippen LogP contribution in [-0.2, 0) is 22.6 Å². The largest absolute Gasteiger partial charge is 0.324 e. The Hall–Kier alpha value is -2.26. The molecule has 3 aromatic rings. The lowest BCUT2D eigenvalue weighted by atomic mass is 10.3. The summed E-state index contributed by atoms with van der Waals surface area (Å²) in [5.74, 6) is 0.0538. The minimum atomic E-state index is -0.266. The molecule has 1 aromatic heterocycles. The molecule has 0 fully saturated rings. The Bertz CT molecular complexity index is 1110. The molecule has 0 aliphatic carbocycles. The monoisotopic (exact) mass is 497 g/mol. The molecule has 0 saturated carbocycles. The predicted molar refractivity (Wildman–Crippen MR) is 125 cm³/mol. The van der Waals surface area contributed by atoms with Gasteiger partial charge in [0.15, 0.2) is 5.16 Å². The van der Waals surface area contributed by atoms with Crippen LogP contribution < -0.4 is 10.6 Å². The molecular formula is C20H18Cl3N5O2S. The number of halogens is 3. The summed E-state index contributed by atoms with van der Waals surface area (Å²) >= 11 is 19.3. The average molecular weight is 499 g/mol. The fraction of sp³-hybridized carbons (Fsp3) is 0.200. The molecule has 0 spiro atoms. The van der Waals surface area contributed by atoms with E-state index in [1.807, 2.05) is 6.92 Å². The number of hydrogen-bond donors (Lipinski definition) is 2. The molecule has 0 aliphatic heterocycles. The van der Waals surface area contributed by atoms with Crippen LogP contribution in [0.1, 0.15) is 12.7 Å². The van der Waals surface area contributed by atoms with Gasteiger partial charge in [0.25, 0.3) is 0 Å². The standard InChI is InChI=1S/C20H18Cl3N5O2S/c1-2-28-16(10-17(29)24-14-8-4-3-6-12(14)21)26-27-20(28)31-11-18(30)25-15-9-5-7-13(22)19(15)23/h3-9H,2,10-11H2,1H3,(H,24,29)(H,25,30). The van der Waals surface area contributed by atoms with Crippen LogP contribution in [0.4, 0.5) is 11.4 Å². The molecule has 1 heterocycles. The summed E-state index contributed by atoms with van der Waals surface area (Å²) in [5.41, 5.74) is 0.969. The number of aromatic nitrogens is 3. The van der Waals surface area contributed by atoms with Crippen molar-refractivity contribution >= 4 is 69.8 Å². The van der Waals surface area contributed by atoms with Gasteiger partial charge < -0.3 is 15.2 Å². The van der Waals surface area contributed by atoms with E-state index in [0.29, 0.717) is 38.9 Å². The van der Waals surface area contributed by atoms with Gasteiger partial charge in [-0.1, -0.05) is 64.8 Å². The van der Waals surface area contributed by atoms with E-state index >= 15 is 0 Å². The molecule has 0 atom stereocenters. The highest BCUT2D eigenvalue weighted by atomic mass is 35.5. The van der Waals surface area contributed by atoms with Crippen LogP contribution in [0, 0.1) is 0 Å². The Morgan fingerprint density at radius 1 is 0.935 bits per heavy atom. The molecule has 0 radical (unpaired) electrons. The summed E-state index contributed by atoms with van der Waals surface area (Å²) < 4.78 is 1.79. The lowest BCUT2D eigenvalue weighted by Crippen LogP contribution is -2.18. The highest BCUT2D eigenvalue weighted by Crippen LogP contribution is 2.30. The van der Waals surface area contributed by atoms with E-state index in [1.54, 1.807) is 47.0 Å². The fourth-order valence-corrected chi connectivity index (χ4v) is 4.04. The molecule has 11 heteroatoms. The number of benzene rings is 2. The zero-order valence-corrected chi connectivity index (χ0v) is 19.4. The number of rotatable bonds is 8. The number of thioether (sulfide) groups is 1. The summed E-state index contributed by atoms with van der Waals surface area (Å²) in [5, 5.41) is 15.3. The summed E-state index contributed by atoms with van der Waals surface area (Å²) in [6.45, 7) is 2.46. The topological polar surface area (TPSA) is 88.9 Å². The van der Waals surface area contributed by atoms with E-state index in [2.05, 4.69) is 20.8 Å². The molecule has 0 saturated heterocycles. The fourth-order valence-electron chi connectivity index (χ4n) is 2.69. The summed E-state index contributed by atoms with van der Waals surface area (Å²) in [4.78, 5) is 24.7. The van der Waals surface area contributed by atoms with Crippen LogP contribution in [-0.4, -0.2) is 32.3 Å². The van der Waals surface area contributed by atoms with Gasteiger partial charge in [-0.2, -0.15) is 0 Å². The van der Waals surface area contributed by atoms with Gasteiger partial charge in [0.2, 0.25) is 11.8 Å². The SMILES string of the molecule is CCn1c(CC(=O)Nc2ccccc2Cl)nnc1SCC(=O)Nc1cccc(Cl)c1Cl. The van der Waals surface area contributed by atoms with Gasteiger partial charge in [-0.25, -0.2) is 0 Å². The van der Waals surface area contributed by atoms with Crippen molar-refractivity contribution in [2.45, 2.75) is 25.0 Å². The van der Waals surface area contributed by atoms with E-state index in [-0.39, 0.29) is 29.0 Å². The number of anilines is 2. The third kappa shape index (κ3) is 6.13. The van der Waals surface area contributed by atoms with Crippen LogP contribution in [0.3, 0.4) is 0 Å². The number of hydrogen-bond acceptors (Lipinski definition) is 5. The maximum absolute atomic E-state index is 12.4. The number of carbonyl (C=O) groups excluding carboxylic acids is 2. The maximum Gasteiger partial charge on any atom is 0.234 e. The van der Waals surface area contributed by atoms with E-state index in [1.165, 1.54) is 11.8 Å². The molecule has 3 rings (SSSR count). The first kappa shape index (κ1) is 23.4. The van der Waals surface area contributed by atoms with Crippen LogP contribution in [0.2, 0.25) is 15.1 Å². The second-order valence-corrected chi connectivity index (χ2v) is 8.42. The van der Waals surface area contributed by atoms with E-state index in [9.17, 15) is 9.59 Å². The molecule has 2 N–H and O–H groups in total. The van der Waals surface area contributed by atoms with Crippen molar-refractivity contribution in [2.24, 2.45) is 0 Å². The Kier molecular flexibility index (Phi) is 8.20. The Labute approximate surface area is 198 Å². The van der Waals surface area contributed by atoms with Gasteiger partial charge in [-0.3, -0.25) is 9.59 Å². The first-order valence-electron chi connectivity index (χ1n) is 9.22. The smallest absolute Gasteiger partial charge is 0.234 e. The summed E-state index contributed by atoms with van der Waals surface area (Å²) in [7, 11) is 0. The van der Waals surface area contributed by atoms with Gasteiger partial charge in [0.1, 0.15) is 5.82 Å². The molecule has 2 amide bonds. The Morgan fingerprint density at radius 2 is 1.61 bits per heavy atom. The van der Waals surface area contributed by atoms with Crippen LogP contribution >= 0.6 is 46.6 Å². The molecule has 0 aliphatic rings. The summed E-state index contributed by atoms with van der Waals surface area (Å²) in [6, 6.07) is 12.0. The molecule has 0 unspecified atom stereocenters. The van der Waals surface area contributed by atoms with Crippen molar-refractivity contribution in [2.75, 3.05) is 16.4 Å². The first-order chi connectivity index (χ1) is 14.9. The number of nitrogens with zero attached hydrogens (tertiary/aromatic N) is 3. The summed E-state index contributed by atoms with van der Waals surface area (Å²) in [6.07, 6.45) is 0.0247. The van der Waals surface area contributed by atoms with Crippen LogP contribution in [0.5, 0.6) is 0 Å². The molecule has 0 bridgehead atoms. The number of nitrogens with one attached hydrogen (secondary N) is 2. The first-order valence-corrected chi connectivity index (χ1v) is 11.3. The number of carbonyl (C=O) groups is 2. The second-order valence-electron chi connectivity index (χ2n) is 6.29. The van der Waals surface area contributed by atoms with Crippen molar-refractivity contribution in [3.05, 3.63) is 63.4 Å². The molecule has 31 heavy (non-hydrogen) atoms. The number of para-hydroxylation sites is 1. The Morgan fingerprint density at radius 3 is 2.35 bits per heavy atom. The maximum atomic E-state index is 12.4. The third-order valence-corrected chi connectivity index (χ3v) is 6.25. The molecule has 2 aromatic carbocycles. The normalized spacial score (nSPS) is 10.7. The minimum Gasteiger partial charge on any atom is -0.324 e. The van der Waals surface area contributed by atoms with Gasteiger partial charge in [0, 0.05) is 6.54 Å². The second kappa shape index (κ2) is 10.9. The highest BCUT2D eigenvalue weighted by Gasteiger charge is 2.17. The zero-order valence-electron chi connectivity index (χ0n) is 16.4. The van der Waals surface area contributed by atoms with Gasteiger partial charge in [0.05, 0.1) is 38.6 Å². The highest BCUT2D eigenvalue weighted by molar-refractivity contribution is 7.99. The number of amides is 2. The van der Waals surface area contributed by atoms with Gasteiger partial charge in [-0.15, -0.1) is 10.2 Å². The van der Waals surface area contributed by atoms with E-state index in [0.717, 1.165) is 0 Å². The van der Waals surface area contributed by atoms with Gasteiger partial charge >= 0.3 is 0 Å². The average Bonchev–Trinajstić information content (AvgIpc) is 3.13. The quantitative estimate of drug-likeness (QED) is 0.418. The van der Waals surface area contributed by atoms with E-state index in [4.69, 9.17) is 34.8 Å². The van der Waals surface area contributed by atoms with E-state index < -0.39 is 0 Å². The van der Waals surface area contributed by atoms with Crippen molar-refractivity contribution in [1.82, 2.24) is 14.8 Å². The Balaban J connectivity index is 1.60. The van der Waals surface area contributed by atoms with Crippen LogP contribution in [0.15, 0.2) is 47.6 Å². The van der Waals surface area contributed by atoms with Crippen molar-refractivity contribution in [3.8, 4) is 0 Å². The van der Waals surface area contributed by atoms with Crippen molar-refractivity contribution in [3.63, 3.8) is 0 Å². The zero-order chi connectivity index (χ0) is 22.4. The predicted octanol–water partition coefficient (Wildman–Crippen LogP) is 5.17. The van der Waals surface area contributed by atoms with Gasteiger partial charge in [-0.05, 0) is 31.2 Å². The minimum absolute atomic E-state index is 0.0247. The van der Waals surface area contributed by atoms with Crippen molar-refractivity contribution in [1.29, 1.82) is 0 Å². The lowest BCUT2D eigenvalue weighted by Gasteiger charge is -2.10. The lowest BCUT2D eigenvalue weighted by molar-refractivity contribution is -0.116. The van der Waals surface area contributed by atoms with Crippen molar-refractivity contribution < 1.29 is 9.59 Å². The molecular weight excluding hydrogens is 481 g/mol. The third-order valence-electron chi connectivity index (χ3n) is 4.13. The molecule has 7 nitrogen and oxygen atoms in total. The van der Waals surface area contributed by atoms with Crippen LogP contribution in [0.25, 0.3) is 0 Å². The molecule has 162 valence electrons.